The van der Waals surface area contributed by atoms with Gasteiger partial charge in [0.25, 0.3) is 0 Å². The Morgan fingerprint density at radius 2 is 1.85 bits per heavy atom. The molecular weight excluding hydrogens is 373 g/mol. The van der Waals surface area contributed by atoms with Gasteiger partial charge in [-0.1, -0.05) is 0 Å². The molecule has 0 amide bonds. The molecule has 106 valence electrons. The Labute approximate surface area is 130 Å². The van der Waals surface area contributed by atoms with Gasteiger partial charge < -0.3 is 20.5 Å². The van der Waals surface area contributed by atoms with Crippen LogP contribution >= 0.6 is 22.6 Å². The summed E-state index contributed by atoms with van der Waals surface area (Å²) >= 11 is 2.24. The molecule has 1 aromatic carbocycles. The number of ether oxygens (including phenoxy) is 1. The number of nitrogens with zero attached hydrogens (tertiary/aromatic N) is 3. The molecule has 0 unspecified atom stereocenters. The van der Waals surface area contributed by atoms with Crippen molar-refractivity contribution in [3.63, 3.8) is 0 Å². The Kier molecular flexibility index (Phi) is 5.30. The van der Waals surface area contributed by atoms with Crippen LogP contribution in [0.25, 0.3) is 0 Å². The summed E-state index contributed by atoms with van der Waals surface area (Å²) in [7, 11) is 1.49. The van der Waals surface area contributed by atoms with E-state index in [-0.39, 0.29) is 12.6 Å². The molecule has 0 aliphatic carbocycles. The van der Waals surface area contributed by atoms with Crippen LogP contribution < -0.4 is 15.4 Å². The monoisotopic (exact) mass is 387 g/mol. The van der Waals surface area contributed by atoms with E-state index in [1.165, 1.54) is 7.11 Å². The van der Waals surface area contributed by atoms with E-state index in [9.17, 15) is 0 Å². The maximum absolute atomic E-state index is 8.80. The Morgan fingerprint density at radius 1 is 1.15 bits per heavy atom. The number of nitrogens with one attached hydrogen (secondary N) is 2. The first-order valence-corrected chi connectivity index (χ1v) is 6.96. The Morgan fingerprint density at radius 3 is 2.50 bits per heavy atom. The summed E-state index contributed by atoms with van der Waals surface area (Å²) < 4.78 is 6.17. The highest BCUT2D eigenvalue weighted by Gasteiger charge is 2.06. The number of halogens is 1. The fourth-order valence-corrected chi connectivity index (χ4v) is 1.77. The second kappa shape index (κ2) is 7.20. The van der Waals surface area contributed by atoms with Gasteiger partial charge in [-0.15, -0.1) is 0 Å². The van der Waals surface area contributed by atoms with E-state index < -0.39 is 0 Å². The number of methoxy groups -OCH3 is 1. The maximum atomic E-state index is 8.80. The standard InChI is InChI=1S/C12H14IN5O2/c1-20-12-17-10(14-6-7-19)16-11(18-12)15-9-4-2-8(13)3-5-9/h2-5,19H,6-7H2,1H3,(H2,14,15,16,17,18). The lowest BCUT2D eigenvalue weighted by atomic mass is 10.3. The number of benzene rings is 1. The van der Waals surface area contributed by atoms with E-state index in [0.717, 1.165) is 9.26 Å². The average molecular weight is 387 g/mol. The SMILES string of the molecule is COc1nc(NCCO)nc(Nc2ccc(I)cc2)n1. The molecule has 1 aromatic heterocycles. The van der Waals surface area contributed by atoms with Crippen molar-refractivity contribution in [2.45, 2.75) is 0 Å². The molecule has 2 rings (SSSR count). The molecule has 0 atom stereocenters. The number of hydrogen-bond donors (Lipinski definition) is 3. The third-order valence-corrected chi connectivity index (χ3v) is 3.01. The van der Waals surface area contributed by atoms with Crippen LogP contribution in [0.2, 0.25) is 0 Å². The minimum Gasteiger partial charge on any atom is -0.467 e. The van der Waals surface area contributed by atoms with E-state index in [0.29, 0.717) is 18.4 Å². The molecule has 0 radical (unpaired) electrons. The van der Waals surface area contributed by atoms with Crippen LogP contribution in [0.5, 0.6) is 6.01 Å². The second-order valence-corrected chi connectivity index (χ2v) is 5.00. The van der Waals surface area contributed by atoms with Gasteiger partial charge in [0.1, 0.15) is 0 Å². The molecular formula is C12H14IN5O2. The normalized spacial score (nSPS) is 10.2. The molecule has 0 aliphatic rings. The Balaban J connectivity index is 2.19. The zero-order valence-corrected chi connectivity index (χ0v) is 13.0. The molecule has 0 fully saturated rings. The molecule has 1 heterocycles. The third-order valence-electron chi connectivity index (χ3n) is 2.29. The van der Waals surface area contributed by atoms with Crippen LogP contribution in [0.4, 0.5) is 17.6 Å². The minimum absolute atomic E-state index is 0.00607. The number of anilines is 3. The van der Waals surface area contributed by atoms with Crippen molar-refractivity contribution >= 4 is 40.2 Å². The van der Waals surface area contributed by atoms with Crippen LogP contribution in [-0.2, 0) is 0 Å². The van der Waals surface area contributed by atoms with Gasteiger partial charge in [-0.05, 0) is 46.9 Å². The van der Waals surface area contributed by atoms with Crippen molar-refractivity contribution < 1.29 is 9.84 Å². The lowest BCUT2D eigenvalue weighted by molar-refractivity contribution is 0.310. The molecule has 0 saturated heterocycles. The predicted molar refractivity (Wildman–Crippen MR) is 84.4 cm³/mol. The van der Waals surface area contributed by atoms with E-state index in [1.807, 2.05) is 24.3 Å². The number of aliphatic hydroxyl groups is 1. The molecule has 8 heteroatoms. The molecule has 20 heavy (non-hydrogen) atoms. The van der Waals surface area contributed by atoms with Gasteiger partial charge in [0.05, 0.1) is 13.7 Å². The van der Waals surface area contributed by atoms with Gasteiger partial charge in [0.15, 0.2) is 0 Å². The molecule has 0 saturated carbocycles. The summed E-state index contributed by atoms with van der Waals surface area (Å²) in [5.41, 5.74) is 0.867. The lowest BCUT2D eigenvalue weighted by Gasteiger charge is -2.09. The number of hydrogen-bond acceptors (Lipinski definition) is 7. The number of aliphatic hydroxyl groups excluding tert-OH is 1. The first kappa shape index (κ1) is 14.7. The van der Waals surface area contributed by atoms with E-state index >= 15 is 0 Å². The zero-order valence-electron chi connectivity index (χ0n) is 10.8. The molecule has 0 spiro atoms. The lowest BCUT2D eigenvalue weighted by Crippen LogP contribution is -2.11. The van der Waals surface area contributed by atoms with Crippen LogP contribution in [-0.4, -0.2) is 40.3 Å². The van der Waals surface area contributed by atoms with Crippen molar-refractivity contribution in [2.75, 3.05) is 30.9 Å². The minimum atomic E-state index is -0.00607. The van der Waals surface area contributed by atoms with Crippen molar-refractivity contribution in [1.82, 2.24) is 15.0 Å². The summed E-state index contributed by atoms with van der Waals surface area (Å²) in [4.78, 5) is 12.4. The third kappa shape index (κ3) is 4.17. The van der Waals surface area contributed by atoms with Crippen LogP contribution in [0, 0.1) is 3.57 Å². The van der Waals surface area contributed by atoms with Gasteiger partial charge in [-0.3, -0.25) is 0 Å². The Bertz CT molecular complexity index is 564. The summed E-state index contributed by atoms with van der Waals surface area (Å²) in [6, 6.07) is 8.02. The van der Waals surface area contributed by atoms with Gasteiger partial charge >= 0.3 is 6.01 Å². The van der Waals surface area contributed by atoms with Gasteiger partial charge in [0.2, 0.25) is 11.9 Å². The van der Waals surface area contributed by atoms with E-state index in [1.54, 1.807) is 0 Å². The van der Waals surface area contributed by atoms with Crippen molar-refractivity contribution in [2.24, 2.45) is 0 Å². The first-order valence-electron chi connectivity index (χ1n) is 5.88. The van der Waals surface area contributed by atoms with Crippen molar-refractivity contribution in [1.29, 1.82) is 0 Å². The quantitative estimate of drug-likeness (QED) is 0.649. The van der Waals surface area contributed by atoms with E-state index in [4.69, 9.17) is 9.84 Å². The average Bonchev–Trinajstić information content (AvgIpc) is 2.47. The van der Waals surface area contributed by atoms with Crippen molar-refractivity contribution in [3.05, 3.63) is 27.8 Å². The van der Waals surface area contributed by atoms with Crippen LogP contribution in [0.3, 0.4) is 0 Å². The highest BCUT2D eigenvalue weighted by molar-refractivity contribution is 14.1. The summed E-state index contributed by atoms with van der Waals surface area (Å²) in [5.74, 6) is 0.720. The maximum Gasteiger partial charge on any atom is 0.322 e. The number of rotatable bonds is 6. The zero-order chi connectivity index (χ0) is 14.4. The smallest absolute Gasteiger partial charge is 0.322 e. The van der Waals surface area contributed by atoms with Gasteiger partial charge in [-0.2, -0.15) is 15.0 Å². The summed E-state index contributed by atoms with van der Waals surface area (Å²) in [6.45, 7) is 0.351. The van der Waals surface area contributed by atoms with Crippen LogP contribution in [0.15, 0.2) is 24.3 Å². The fourth-order valence-electron chi connectivity index (χ4n) is 1.41. The van der Waals surface area contributed by atoms with Crippen molar-refractivity contribution in [3.8, 4) is 6.01 Å². The molecule has 7 nitrogen and oxygen atoms in total. The summed E-state index contributed by atoms with van der Waals surface area (Å²) in [6.07, 6.45) is 0. The van der Waals surface area contributed by atoms with Gasteiger partial charge in [-0.25, -0.2) is 0 Å². The fraction of sp³-hybridized carbons (Fsp3) is 0.250. The van der Waals surface area contributed by atoms with Gasteiger partial charge in [0, 0.05) is 15.8 Å². The number of aromatic nitrogens is 3. The molecule has 3 N–H and O–H groups in total. The van der Waals surface area contributed by atoms with E-state index in [2.05, 4.69) is 48.2 Å². The molecule has 0 bridgehead atoms. The highest BCUT2D eigenvalue weighted by Crippen LogP contribution is 2.17. The van der Waals surface area contributed by atoms with Crippen LogP contribution in [0.1, 0.15) is 0 Å². The Hall–Kier alpha value is -1.68. The summed E-state index contributed by atoms with van der Waals surface area (Å²) in [5, 5.41) is 14.7. The second-order valence-electron chi connectivity index (χ2n) is 3.75. The highest BCUT2D eigenvalue weighted by atomic mass is 127. The predicted octanol–water partition coefficient (Wildman–Crippen LogP) is 1.63. The first-order chi connectivity index (χ1) is 9.71. The molecule has 2 aromatic rings. The molecule has 0 aliphatic heterocycles. The topological polar surface area (TPSA) is 92.2 Å². The largest absolute Gasteiger partial charge is 0.467 e.